The van der Waals surface area contributed by atoms with E-state index in [0.29, 0.717) is 15.4 Å². The fourth-order valence-electron chi connectivity index (χ4n) is 2.53. The SMILES string of the molecule is Cc1nnc2sc(C(=O)NCCNS(=O)(=O)c3ccccc3)c(N)c2c1C. The van der Waals surface area contributed by atoms with Gasteiger partial charge in [0.2, 0.25) is 10.0 Å². The molecule has 0 aliphatic heterocycles. The molecule has 2 heterocycles. The highest BCUT2D eigenvalue weighted by atomic mass is 32.2. The lowest BCUT2D eigenvalue weighted by Gasteiger charge is -2.08. The fourth-order valence-corrected chi connectivity index (χ4v) is 4.60. The Morgan fingerprint density at radius 3 is 2.56 bits per heavy atom. The van der Waals surface area contributed by atoms with E-state index in [1.54, 1.807) is 18.2 Å². The Morgan fingerprint density at radius 1 is 1.15 bits per heavy atom. The highest BCUT2D eigenvalue weighted by molar-refractivity contribution is 7.89. The number of rotatable bonds is 6. The molecule has 1 amide bonds. The Morgan fingerprint density at radius 2 is 1.85 bits per heavy atom. The van der Waals surface area contributed by atoms with Crippen LogP contribution in [0.1, 0.15) is 20.9 Å². The molecule has 142 valence electrons. The minimum atomic E-state index is -3.60. The molecule has 0 aliphatic rings. The normalized spacial score (nSPS) is 11.6. The number of benzene rings is 1. The van der Waals surface area contributed by atoms with E-state index in [4.69, 9.17) is 5.73 Å². The number of sulfonamides is 1. The number of nitrogen functional groups attached to an aromatic ring is 1. The standard InChI is InChI=1S/C17H19N5O3S2/c1-10-11(2)21-22-17-13(10)14(18)15(26-17)16(23)19-8-9-20-27(24,25)12-6-4-3-5-7-12/h3-7,20H,8-9,18H2,1-2H3,(H,19,23). The average molecular weight is 406 g/mol. The molecule has 0 aliphatic carbocycles. The fraction of sp³-hybridized carbons (Fsp3) is 0.235. The maximum absolute atomic E-state index is 12.4. The number of carbonyl (C=O) groups is 1. The number of carbonyl (C=O) groups excluding carboxylic acids is 1. The smallest absolute Gasteiger partial charge is 0.263 e. The number of anilines is 1. The first-order chi connectivity index (χ1) is 12.8. The molecule has 0 radical (unpaired) electrons. The van der Waals surface area contributed by atoms with E-state index >= 15 is 0 Å². The molecule has 0 saturated heterocycles. The average Bonchev–Trinajstić information content (AvgIpc) is 3.00. The number of nitrogens with two attached hydrogens (primary N) is 1. The number of hydrogen-bond donors (Lipinski definition) is 3. The topological polar surface area (TPSA) is 127 Å². The van der Waals surface area contributed by atoms with Crippen LogP contribution >= 0.6 is 11.3 Å². The third-order valence-corrected chi connectivity index (χ3v) is 6.66. The Balaban J connectivity index is 1.64. The quantitative estimate of drug-likeness (QED) is 0.535. The van der Waals surface area contributed by atoms with Gasteiger partial charge >= 0.3 is 0 Å². The van der Waals surface area contributed by atoms with Crippen LogP contribution in [0.25, 0.3) is 10.2 Å². The summed E-state index contributed by atoms with van der Waals surface area (Å²) < 4.78 is 26.7. The summed E-state index contributed by atoms with van der Waals surface area (Å²) in [6.45, 7) is 3.90. The van der Waals surface area contributed by atoms with Crippen LogP contribution in [0.4, 0.5) is 5.69 Å². The number of amides is 1. The van der Waals surface area contributed by atoms with Gasteiger partial charge in [0.05, 0.1) is 16.3 Å². The van der Waals surface area contributed by atoms with Gasteiger partial charge in [-0.3, -0.25) is 4.79 Å². The van der Waals surface area contributed by atoms with Gasteiger partial charge in [-0.15, -0.1) is 16.4 Å². The van der Waals surface area contributed by atoms with Gasteiger partial charge < -0.3 is 11.1 Å². The van der Waals surface area contributed by atoms with Gasteiger partial charge in [-0.25, -0.2) is 13.1 Å². The Bertz CT molecular complexity index is 1090. The van der Waals surface area contributed by atoms with Crippen molar-refractivity contribution in [3.05, 3.63) is 46.5 Å². The summed E-state index contributed by atoms with van der Waals surface area (Å²) in [5.74, 6) is -0.369. The molecule has 0 saturated carbocycles. The molecular formula is C17H19N5O3S2. The van der Waals surface area contributed by atoms with E-state index in [1.807, 2.05) is 13.8 Å². The lowest BCUT2D eigenvalue weighted by molar-refractivity contribution is 0.0959. The third kappa shape index (κ3) is 3.92. The molecule has 27 heavy (non-hydrogen) atoms. The molecule has 4 N–H and O–H groups in total. The van der Waals surface area contributed by atoms with Crippen molar-refractivity contribution in [2.45, 2.75) is 18.7 Å². The van der Waals surface area contributed by atoms with Crippen LogP contribution in [-0.4, -0.2) is 37.6 Å². The van der Waals surface area contributed by atoms with Crippen molar-refractivity contribution < 1.29 is 13.2 Å². The summed E-state index contributed by atoms with van der Waals surface area (Å²) in [6, 6.07) is 8.04. The number of aryl methyl sites for hydroxylation is 2. The second-order valence-corrected chi connectivity index (χ2v) is 8.67. The van der Waals surface area contributed by atoms with Gasteiger partial charge in [-0.05, 0) is 31.5 Å². The maximum Gasteiger partial charge on any atom is 0.263 e. The van der Waals surface area contributed by atoms with Crippen LogP contribution in [0.5, 0.6) is 0 Å². The number of thiophene rings is 1. The van der Waals surface area contributed by atoms with Crippen molar-refractivity contribution in [1.29, 1.82) is 0 Å². The van der Waals surface area contributed by atoms with Crippen molar-refractivity contribution >= 4 is 43.2 Å². The summed E-state index contributed by atoms with van der Waals surface area (Å²) >= 11 is 1.17. The van der Waals surface area contributed by atoms with Crippen molar-refractivity contribution in [2.24, 2.45) is 0 Å². The zero-order valence-corrected chi connectivity index (χ0v) is 16.4. The van der Waals surface area contributed by atoms with Crippen LogP contribution in [0.15, 0.2) is 35.2 Å². The molecule has 3 rings (SSSR count). The van der Waals surface area contributed by atoms with Crippen LogP contribution in [0.2, 0.25) is 0 Å². The summed E-state index contributed by atoms with van der Waals surface area (Å²) in [5, 5.41) is 11.5. The second kappa shape index (κ2) is 7.59. The Hall–Kier alpha value is -2.56. The highest BCUT2D eigenvalue weighted by Gasteiger charge is 2.20. The molecule has 0 spiro atoms. The van der Waals surface area contributed by atoms with Gasteiger partial charge in [0.1, 0.15) is 9.71 Å². The number of nitrogens with zero attached hydrogens (tertiary/aromatic N) is 2. The molecule has 0 bridgehead atoms. The molecule has 10 heteroatoms. The first-order valence-electron chi connectivity index (χ1n) is 8.16. The van der Waals surface area contributed by atoms with Crippen LogP contribution in [0.3, 0.4) is 0 Å². The maximum atomic E-state index is 12.4. The van der Waals surface area contributed by atoms with Crippen LogP contribution in [0, 0.1) is 13.8 Å². The number of nitrogens with one attached hydrogen (secondary N) is 2. The lowest BCUT2D eigenvalue weighted by atomic mass is 10.1. The molecule has 2 aromatic heterocycles. The summed E-state index contributed by atoms with van der Waals surface area (Å²) in [5.41, 5.74) is 8.15. The number of aromatic nitrogens is 2. The monoisotopic (exact) mass is 405 g/mol. The van der Waals surface area contributed by atoms with E-state index in [1.165, 1.54) is 23.5 Å². The van der Waals surface area contributed by atoms with E-state index in [9.17, 15) is 13.2 Å². The second-order valence-electron chi connectivity index (χ2n) is 5.90. The van der Waals surface area contributed by atoms with Gasteiger partial charge in [-0.2, -0.15) is 5.10 Å². The van der Waals surface area contributed by atoms with Gasteiger partial charge in [-0.1, -0.05) is 18.2 Å². The summed E-state index contributed by atoms with van der Waals surface area (Å²) in [4.78, 5) is 13.5. The molecule has 3 aromatic rings. The van der Waals surface area contributed by atoms with Gasteiger partial charge in [0.15, 0.2) is 0 Å². The zero-order chi connectivity index (χ0) is 19.6. The van der Waals surface area contributed by atoms with E-state index in [0.717, 1.165) is 16.6 Å². The first kappa shape index (κ1) is 19.2. The first-order valence-corrected chi connectivity index (χ1v) is 10.5. The van der Waals surface area contributed by atoms with Crippen molar-refractivity contribution in [3.8, 4) is 0 Å². The van der Waals surface area contributed by atoms with Gasteiger partial charge in [0, 0.05) is 18.5 Å². The highest BCUT2D eigenvalue weighted by Crippen LogP contribution is 2.34. The van der Waals surface area contributed by atoms with Crippen LogP contribution in [-0.2, 0) is 10.0 Å². The Labute approximate surface area is 160 Å². The number of fused-ring (bicyclic) bond motifs is 1. The molecule has 0 fully saturated rings. The molecular weight excluding hydrogens is 386 g/mol. The van der Waals surface area contributed by atoms with Crippen molar-refractivity contribution in [1.82, 2.24) is 20.2 Å². The molecule has 0 atom stereocenters. The lowest BCUT2D eigenvalue weighted by Crippen LogP contribution is -2.34. The predicted molar refractivity (Wildman–Crippen MR) is 105 cm³/mol. The minimum absolute atomic E-state index is 0.0612. The van der Waals surface area contributed by atoms with Crippen molar-refractivity contribution in [2.75, 3.05) is 18.8 Å². The largest absolute Gasteiger partial charge is 0.397 e. The van der Waals surface area contributed by atoms with E-state index in [2.05, 4.69) is 20.2 Å². The molecule has 8 nitrogen and oxygen atoms in total. The molecule has 0 unspecified atom stereocenters. The van der Waals surface area contributed by atoms with Gasteiger partial charge in [0.25, 0.3) is 5.91 Å². The van der Waals surface area contributed by atoms with Crippen molar-refractivity contribution in [3.63, 3.8) is 0 Å². The third-order valence-electron chi connectivity index (χ3n) is 4.10. The zero-order valence-electron chi connectivity index (χ0n) is 14.8. The summed E-state index contributed by atoms with van der Waals surface area (Å²) in [7, 11) is -3.60. The van der Waals surface area contributed by atoms with E-state index in [-0.39, 0.29) is 23.9 Å². The van der Waals surface area contributed by atoms with E-state index < -0.39 is 10.0 Å². The summed E-state index contributed by atoms with van der Waals surface area (Å²) in [6.07, 6.45) is 0. The van der Waals surface area contributed by atoms with Crippen LogP contribution < -0.4 is 15.8 Å². The predicted octanol–water partition coefficient (Wildman–Crippen LogP) is 1.60. The Kier molecular flexibility index (Phi) is 5.40. The molecule has 1 aromatic carbocycles. The minimum Gasteiger partial charge on any atom is -0.397 e. The number of hydrogen-bond acceptors (Lipinski definition) is 7.